The Hall–Kier alpha value is -3.58. The number of thiocarbonyl (C=S) groups is 1. The molecule has 4 aromatic rings. The Morgan fingerprint density at radius 3 is 2.29 bits per heavy atom. The van der Waals surface area contributed by atoms with Crippen LogP contribution in [0.2, 0.25) is 0 Å². The minimum absolute atomic E-state index is 0.00530. The summed E-state index contributed by atoms with van der Waals surface area (Å²) in [5.41, 5.74) is 4.42. The molecule has 0 aromatic carbocycles. The van der Waals surface area contributed by atoms with E-state index in [2.05, 4.69) is 66.3 Å². The molecule has 6 nitrogen and oxygen atoms in total. The molecule has 0 unspecified atom stereocenters. The molecule has 0 saturated carbocycles. The van der Waals surface area contributed by atoms with Crippen molar-refractivity contribution in [2.45, 2.75) is 25.2 Å². The minimum atomic E-state index is -0.0482. The van der Waals surface area contributed by atoms with Crippen LogP contribution in [-0.2, 0) is 13.1 Å². The number of hydrogen-bond acceptors (Lipinski definition) is 4. The Balaban J connectivity index is 1.54. The molecule has 1 N–H and O–H groups in total. The Kier molecular flexibility index (Phi) is 5.41. The first-order chi connectivity index (χ1) is 15.3. The molecule has 0 radical (unpaired) electrons. The molecule has 0 aliphatic carbocycles. The van der Waals surface area contributed by atoms with Gasteiger partial charge in [0.05, 0.1) is 17.8 Å². The van der Waals surface area contributed by atoms with Crippen LogP contribution < -0.4 is 5.32 Å². The van der Waals surface area contributed by atoms with Gasteiger partial charge in [0.15, 0.2) is 5.11 Å². The first kappa shape index (κ1) is 19.4. The maximum absolute atomic E-state index is 5.79. The molecule has 31 heavy (non-hydrogen) atoms. The van der Waals surface area contributed by atoms with Crippen molar-refractivity contribution in [2.24, 2.45) is 0 Å². The molecule has 0 bridgehead atoms. The summed E-state index contributed by atoms with van der Waals surface area (Å²) in [4.78, 5) is 15.4. The minimum Gasteiger partial charge on any atom is -0.352 e. The molecular weight excluding hydrogens is 404 g/mol. The van der Waals surface area contributed by atoms with E-state index in [1.807, 2.05) is 42.9 Å². The van der Waals surface area contributed by atoms with Crippen LogP contribution in [0.4, 0.5) is 0 Å². The van der Waals surface area contributed by atoms with Crippen molar-refractivity contribution in [2.75, 3.05) is 0 Å². The summed E-state index contributed by atoms with van der Waals surface area (Å²) in [6.07, 6.45) is 11.3. The van der Waals surface area contributed by atoms with E-state index < -0.39 is 0 Å². The fraction of sp³-hybridized carbons (Fsp3) is 0.167. The maximum atomic E-state index is 5.79. The molecule has 2 atom stereocenters. The second kappa shape index (κ2) is 8.65. The van der Waals surface area contributed by atoms with Gasteiger partial charge < -0.3 is 14.8 Å². The molecule has 7 heteroatoms. The average Bonchev–Trinajstić information content (AvgIpc) is 3.40. The van der Waals surface area contributed by atoms with Crippen LogP contribution >= 0.6 is 12.2 Å². The summed E-state index contributed by atoms with van der Waals surface area (Å²) in [5, 5.41) is 4.24. The van der Waals surface area contributed by atoms with Crippen LogP contribution in [0.1, 0.15) is 34.6 Å². The molecular formula is C24H22N6S. The van der Waals surface area contributed by atoms with Gasteiger partial charge in [-0.15, -0.1) is 0 Å². The number of hydrogen-bond donors (Lipinski definition) is 1. The van der Waals surface area contributed by atoms with Crippen LogP contribution in [0.5, 0.6) is 0 Å². The SMILES string of the molecule is S=C1N[C@@H](c2ccccn2)[C@@H](c2cccn2Cc2cccnc2)N1Cc1cccnc1. The predicted octanol–water partition coefficient (Wildman–Crippen LogP) is 3.89. The standard InChI is InChI=1S/C24H22N6S/c31-24-28-22(20-8-1-2-12-27-20)23(30(24)17-19-7-4-11-26-15-19)21-9-5-13-29(21)16-18-6-3-10-25-14-18/h1-15,22-23H,16-17H2,(H,28,31)/t22-,23+/m0/s1. The summed E-state index contributed by atoms with van der Waals surface area (Å²) < 4.78 is 2.27. The van der Waals surface area contributed by atoms with Crippen molar-refractivity contribution < 1.29 is 0 Å². The normalized spacial score (nSPS) is 18.2. The van der Waals surface area contributed by atoms with Crippen molar-refractivity contribution in [3.05, 3.63) is 114 Å². The Bertz CT molecular complexity index is 1150. The molecule has 1 aliphatic rings. The third-order valence-electron chi connectivity index (χ3n) is 5.52. The highest BCUT2D eigenvalue weighted by Gasteiger charge is 2.41. The number of rotatable bonds is 6. The zero-order valence-electron chi connectivity index (χ0n) is 16.9. The largest absolute Gasteiger partial charge is 0.352 e. The van der Waals surface area contributed by atoms with Gasteiger partial charge in [-0.2, -0.15) is 0 Å². The molecule has 4 aromatic heterocycles. The second-order valence-corrected chi connectivity index (χ2v) is 7.92. The monoisotopic (exact) mass is 426 g/mol. The lowest BCUT2D eigenvalue weighted by atomic mass is 10.0. The fourth-order valence-electron chi connectivity index (χ4n) is 4.11. The van der Waals surface area contributed by atoms with E-state index in [1.165, 1.54) is 5.69 Å². The van der Waals surface area contributed by atoms with Gasteiger partial charge in [0.1, 0.15) is 0 Å². The van der Waals surface area contributed by atoms with Gasteiger partial charge in [-0.05, 0) is 59.7 Å². The van der Waals surface area contributed by atoms with Crippen molar-refractivity contribution >= 4 is 17.3 Å². The Morgan fingerprint density at radius 2 is 1.61 bits per heavy atom. The first-order valence-electron chi connectivity index (χ1n) is 10.2. The van der Waals surface area contributed by atoms with Gasteiger partial charge in [0.2, 0.25) is 0 Å². The van der Waals surface area contributed by atoms with Crippen LogP contribution in [0.25, 0.3) is 0 Å². The van der Waals surface area contributed by atoms with E-state index in [1.54, 1.807) is 12.4 Å². The lowest BCUT2D eigenvalue weighted by molar-refractivity contribution is 0.298. The fourth-order valence-corrected chi connectivity index (χ4v) is 4.42. The third kappa shape index (κ3) is 4.04. The molecule has 154 valence electrons. The molecule has 1 aliphatic heterocycles. The van der Waals surface area contributed by atoms with Crippen molar-refractivity contribution in [1.82, 2.24) is 29.7 Å². The zero-order chi connectivity index (χ0) is 21.0. The first-order valence-corrected chi connectivity index (χ1v) is 10.6. The molecule has 0 spiro atoms. The van der Waals surface area contributed by atoms with Gasteiger partial charge >= 0.3 is 0 Å². The van der Waals surface area contributed by atoms with Gasteiger partial charge in [-0.3, -0.25) is 15.0 Å². The maximum Gasteiger partial charge on any atom is 0.170 e. The number of nitrogens with zero attached hydrogens (tertiary/aromatic N) is 5. The van der Waals surface area contributed by atoms with E-state index in [0.29, 0.717) is 6.54 Å². The lowest BCUT2D eigenvalue weighted by Gasteiger charge is -2.29. The van der Waals surface area contributed by atoms with Crippen LogP contribution in [0.15, 0.2) is 91.8 Å². The van der Waals surface area contributed by atoms with Gasteiger partial charge in [0, 0.05) is 56.0 Å². The molecule has 5 rings (SSSR count). The van der Waals surface area contributed by atoms with Gasteiger partial charge in [0.25, 0.3) is 0 Å². The van der Waals surface area contributed by atoms with Crippen LogP contribution in [0.3, 0.4) is 0 Å². The lowest BCUT2D eigenvalue weighted by Crippen LogP contribution is -2.30. The quantitative estimate of drug-likeness (QED) is 0.472. The topological polar surface area (TPSA) is 58.9 Å². The van der Waals surface area contributed by atoms with Crippen molar-refractivity contribution in [1.29, 1.82) is 0 Å². The van der Waals surface area contributed by atoms with E-state index in [-0.39, 0.29) is 12.1 Å². The highest BCUT2D eigenvalue weighted by Crippen LogP contribution is 2.39. The smallest absolute Gasteiger partial charge is 0.170 e. The average molecular weight is 427 g/mol. The zero-order valence-corrected chi connectivity index (χ0v) is 17.7. The van der Waals surface area contributed by atoms with Crippen LogP contribution in [0, 0.1) is 0 Å². The molecule has 1 fully saturated rings. The number of aromatic nitrogens is 4. The van der Waals surface area contributed by atoms with Gasteiger partial charge in [-0.25, -0.2) is 0 Å². The van der Waals surface area contributed by atoms with E-state index in [0.717, 1.165) is 28.5 Å². The van der Waals surface area contributed by atoms with Gasteiger partial charge in [-0.1, -0.05) is 18.2 Å². The van der Waals surface area contributed by atoms with Crippen LogP contribution in [-0.4, -0.2) is 29.5 Å². The third-order valence-corrected chi connectivity index (χ3v) is 5.87. The number of pyridine rings is 3. The van der Waals surface area contributed by atoms with E-state index in [9.17, 15) is 0 Å². The van der Waals surface area contributed by atoms with Crippen molar-refractivity contribution in [3.8, 4) is 0 Å². The summed E-state index contributed by atoms with van der Waals surface area (Å²) in [6, 6.07) is 18.3. The predicted molar refractivity (Wildman–Crippen MR) is 123 cm³/mol. The summed E-state index contributed by atoms with van der Waals surface area (Å²) in [5.74, 6) is 0. The Morgan fingerprint density at radius 1 is 0.839 bits per heavy atom. The molecule has 1 saturated heterocycles. The summed E-state index contributed by atoms with van der Waals surface area (Å²) >= 11 is 5.79. The van der Waals surface area contributed by atoms with E-state index in [4.69, 9.17) is 12.2 Å². The highest BCUT2D eigenvalue weighted by molar-refractivity contribution is 7.80. The molecule has 5 heterocycles. The summed E-state index contributed by atoms with van der Waals surface area (Å²) in [7, 11) is 0. The Labute approximate surface area is 186 Å². The summed E-state index contributed by atoms with van der Waals surface area (Å²) in [6.45, 7) is 1.42. The second-order valence-electron chi connectivity index (χ2n) is 7.54. The van der Waals surface area contributed by atoms with Crippen molar-refractivity contribution in [3.63, 3.8) is 0 Å². The highest BCUT2D eigenvalue weighted by atomic mass is 32.1. The van der Waals surface area contributed by atoms with E-state index >= 15 is 0 Å². The molecule has 0 amide bonds. The number of nitrogens with one attached hydrogen (secondary N) is 1.